The fourth-order valence-electron chi connectivity index (χ4n) is 2.58. The first-order valence-corrected chi connectivity index (χ1v) is 8.09. The summed E-state index contributed by atoms with van der Waals surface area (Å²) in [5, 5.41) is 17.3. The Labute approximate surface area is 145 Å². The summed E-state index contributed by atoms with van der Waals surface area (Å²) in [5.74, 6) is 0.347. The predicted octanol–water partition coefficient (Wildman–Crippen LogP) is 2.22. The van der Waals surface area contributed by atoms with Crippen LogP contribution in [0.2, 0.25) is 0 Å². The van der Waals surface area contributed by atoms with Gasteiger partial charge in [0.1, 0.15) is 17.1 Å². The van der Waals surface area contributed by atoms with Gasteiger partial charge in [0, 0.05) is 17.2 Å². The number of fused-ring (bicyclic) bond motifs is 1. The monoisotopic (exact) mass is 385 g/mol. The second kappa shape index (κ2) is 5.72. The van der Waals surface area contributed by atoms with E-state index in [1.165, 1.54) is 0 Å². The molecule has 4 rings (SSSR count). The van der Waals surface area contributed by atoms with Crippen LogP contribution in [0.25, 0.3) is 22.8 Å². The van der Waals surface area contributed by atoms with Crippen LogP contribution in [-0.2, 0) is 6.54 Å². The molecule has 0 spiro atoms. The molecule has 1 aromatic carbocycles. The molecule has 0 bridgehead atoms. The van der Waals surface area contributed by atoms with Crippen molar-refractivity contribution < 1.29 is 9.90 Å². The first-order valence-electron chi connectivity index (χ1n) is 7.30. The summed E-state index contributed by atoms with van der Waals surface area (Å²) in [4.78, 5) is 20.6. The van der Waals surface area contributed by atoms with Crippen molar-refractivity contribution in [3.05, 3.63) is 46.7 Å². The number of hydrogen-bond donors (Lipinski definition) is 2. The molecule has 3 heterocycles. The molecular weight excluding hydrogens is 374 g/mol. The lowest BCUT2D eigenvalue weighted by molar-refractivity contribution is 0.0924. The summed E-state index contributed by atoms with van der Waals surface area (Å²) in [6.45, 7) is 1.19. The number of phenolic OH excluding ortho intramolecular Hbond substituents is 1. The average Bonchev–Trinajstić information content (AvgIpc) is 3.03. The maximum Gasteiger partial charge on any atom is 0.269 e. The van der Waals surface area contributed by atoms with E-state index < -0.39 is 0 Å². The van der Waals surface area contributed by atoms with Gasteiger partial charge in [-0.25, -0.2) is 9.97 Å². The molecule has 8 heteroatoms. The molecule has 1 amide bonds. The van der Waals surface area contributed by atoms with Crippen molar-refractivity contribution >= 4 is 21.8 Å². The summed E-state index contributed by atoms with van der Waals surface area (Å²) in [7, 11) is 0. The van der Waals surface area contributed by atoms with E-state index in [0.717, 1.165) is 4.47 Å². The summed E-state index contributed by atoms with van der Waals surface area (Å²) >= 11 is 3.38. The summed E-state index contributed by atoms with van der Waals surface area (Å²) in [6, 6.07) is 8.51. The first kappa shape index (κ1) is 14.8. The lowest BCUT2D eigenvalue weighted by atomic mass is 10.2. The van der Waals surface area contributed by atoms with E-state index in [0.29, 0.717) is 41.6 Å². The normalized spacial score (nSPS) is 13.5. The van der Waals surface area contributed by atoms with Gasteiger partial charge in [0.25, 0.3) is 5.91 Å². The second-order valence-corrected chi connectivity index (χ2v) is 6.24. The Kier molecular flexibility index (Phi) is 3.53. The van der Waals surface area contributed by atoms with Gasteiger partial charge in [0.15, 0.2) is 5.82 Å². The van der Waals surface area contributed by atoms with E-state index in [9.17, 15) is 9.90 Å². The van der Waals surface area contributed by atoms with Crippen LogP contribution in [0.3, 0.4) is 0 Å². The highest BCUT2D eigenvalue weighted by atomic mass is 79.9. The fourth-order valence-corrected chi connectivity index (χ4v) is 2.94. The van der Waals surface area contributed by atoms with E-state index in [-0.39, 0.29) is 11.7 Å². The maximum absolute atomic E-state index is 11.9. The number of hydrogen-bond acceptors (Lipinski definition) is 5. The van der Waals surface area contributed by atoms with Gasteiger partial charge >= 0.3 is 0 Å². The Balaban J connectivity index is 1.78. The zero-order valence-electron chi connectivity index (χ0n) is 12.4. The third-order valence-corrected chi connectivity index (χ3v) is 4.23. The Bertz CT molecular complexity index is 953. The quantitative estimate of drug-likeness (QED) is 0.705. The number of nitrogens with one attached hydrogen (secondary N) is 1. The molecule has 3 aromatic rings. The molecule has 0 aliphatic carbocycles. The van der Waals surface area contributed by atoms with Gasteiger partial charge in [0.2, 0.25) is 0 Å². The van der Waals surface area contributed by atoms with Crippen LogP contribution in [-0.4, -0.2) is 37.3 Å². The molecule has 120 valence electrons. The van der Waals surface area contributed by atoms with E-state index in [1.54, 1.807) is 41.2 Å². The zero-order valence-corrected chi connectivity index (χ0v) is 14.0. The maximum atomic E-state index is 11.9. The van der Waals surface area contributed by atoms with Gasteiger partial charge in [-0.15, -0.1) is 0 Å². The van der Waals surface area contributed by atoms with Crippen molar-refractivity contribution in [1.29, 1.82) is 0 Å². The molecular formula is C16H12BrN5O2. The largest absolute Gasteiger partial charge is 0.507 e. The number of carbonyl (C=O) groups is 1. The van der Waals surface area contributed by atoms with Crippen molar-refractivity contribution in [2.45, 2.75) is 6.54 Å². The number of phenols is 1. The molecule has 0 saturated carbocycles. The van der Waals surface area contributed by atoms with E-state index in [2.05, 4.69) is 36.3 Å². The number of halogens is 1. The minimum Gasteiger partial charge on any atom is -0.507 e. The number of amides is 1. The van der Waals surface area contributed by atoms with Gasteiger partial charge in [0.05, 0.1) is 17.8 Å². The highest BCUT2D eigenvalue weighted by Gasteiger charge is 2.20. The number of aromatic nitrogens is 4. The van der Waals surface area contributed by atoms with Gasteiger partial charge in [-0.3, -0.25) is 9.48 Å². The molecule has 0 fully saturated rings. The Hall–Kier alpha value is -2.74. The van der Waals surface area contributed by atoms with Crippen LogP contribution in [0.5, 0.6) is 5.75 Å². The molecule has 0 unspecified atom stereocenters. The standard InChI is InChI=1S/C16H12BrN5O2/c17-9-1-2-14(23)10(7-9)15-18-4-3-11(20-15)12-8-13-16(24)19-5-6-22(13)21-12/h1-4,7-8,23H,5-6H2,(H,19,24). The topological polar surface area (TPSA) is 92.9 Å². The molecule has 1 aliphatic heterocycles. The first-order chi connectivity index (χ1) is 11.6. The smallest absolute Gasteiger partial charge is 0.269 e. The molecule has 7 nitrogen and oxygen atoms in total. The minimum atomic E-state index is -0.140. The summed E-state index contributed by atoms with van der Waals surface area (Å²) in [5.41, 5.74) is 2.23. The second-order valence-electron chi connectivity index (χ2n) is 5.32. The van der Waals surface area contributed by atoms with Gasteiger partial charge in [-0.1, -0.05) is 15.9 Å². The Morgan fingerprint density at radius 1 is 1.21 bits per heavy atom. The van der Waals surface area contributed by atoms with E-state index in [1.807, 2.05) is 0 Å². The lowest BCUT2D eigenvalue weighted by Gasteiger charge is -2.13. The predicted molar refractivity (Wildman–Crippen MR) is 90.4 cm³/mol. The number of benzene rings is 1. The SMILES string of the molecule is O=C1NCCn2nc(-c3ccnc(-c4cc(Br)ccc4O)n3)cc21. The van der Waals surface area contributed by atoms with Crippen LogP contribution in [0.15, 0.2) is 41.0 Å². The molecule has 0 atom stereocenters. The fraction of sp³-hybridized carbons (Fsp3) is 0.125. The summed E-state index contributed by atoms with van der Waals surface area (Å²) in [6.07, 6.45) is 1.61. The van der Waals surface area contributed by atoms with Gasteiger partial charge in [-0.05, 0) is 30.3 Å². The molecule has 0 radical (unpaired) electrons. The highest BCUT2D eigenvalue weighted by molar-refractivity contribution is 9.10. The van der Waals surface area contributed by atoms with Crippen molar-refractivity contribution in [3.63, 3.8) is 0 Å². The zero-order chi connectivity index (χ0) is 16.7. The third kappa shape index (κ3) is 2.54. The average molecular weight is 386 g/mol. The number of carbonyl (C=O) groups excluding carboxylic acids is 1. The van der Waals surface area contributed by atoms with Crippen LogP contribution in [0, 0.1) is 0 Å². The molecule has 2 N–H and O–H groups in total. The Morgan fingerprint density at radius 2 is 2.08 bits per heavy atom. The molecule has 0 saturated heterocycles. The lowest BCUT2D eigenvalue weighted by Crippen LogP contribution is -2.35. The van der Waals surface area contributed by atoms with Crippen molar-refractivity contribution in [3.8, 4) is 28.5 Å². The van der Waals surface area contributed by atoms with Gasteiger partial charge in [-0.2, -0.15) is 5.10 Å². The van der Waals surface area contributed by atoms with Crippen molar-refractivity contribution in [2.75, 3.05) is 6.54 Å². The number of aromatic hydroxyl groups is 1. The van der Waals surface area contributed by atoms with Crippen LogP contribution >= 0.6 is 15.9 Å². The minimum absolute atomic E-state index is 0.0962. The molecule has 1 aliphatic rings. The van der Waals surface area contributed by atoms with Crippen LogP contribution in [0.4, 0.5) is 0 Å². The van der Waals surface area contributed by atoms with Crippen LogP contribution < -0.4 is 5.32 Å². The van der Waals surface area contributed by atoms with Crippen molar-refractivity contribution in [1.82, 2.24) is 25.1 Å². The van der Waals surface area contributed by atoms with Crippen LogP contribution in [0.1, 0.15) is 10.5 Å². The number of rotatable bonds is 2. The highest BCUT2D eigenvalue weighted by Crippen LogP contribution is 2.30. The number of nitrogens with zero attached hydrogens (tertiary/aromatic N) is 4. The molecule has 2 aromatic heterocycles. The Morgan fingerprint density at radius 3 is 2.92 bits per heavy atom. The van der Waals surface area contributed by atoms with Crippen molar-refractivity contribution in [2.24, 2.45) is 0 Å². The van der Waals surface area contributed by atoms with Gasteiger partial charge < -0.3 is 10.4 Å². The third-order valence-electron chi connectivity index (χ3n) is 3.74. The van der Waals surface area contributed by atoms with E-state index >= 15 is 0 Å². The summed E-state index contributed by atoms with van der Waals surface area (Å²) < 4.78 is 2.49. The molecule has 24 heavy (non-hydrogen) atoms. The van der Waals surface area contributed by atoms with E-state index in [4.69, 9.17) is 0 Å².